The van der Waals surface area contributed by atoms with Crippen LogP contribution in [0, 0.1) is 29.1 Å². The van der Waals surface area contributed by atoms with E-state index in [9.17, 15) is 4.79 Å². The number of hydrogen-bond acceptors (Lipinski definition) is 2. The van der Waals surface area contributed by atoms with Crippen LogP contribution in [0.15, 0.2) is 0 Å². The molecule has 3 nitrogen and oxygen atoms in total. The van der Waals surface area contributed by atoms with Crippen LogP contribution in [-0.2, 0) is 4.79 Å². The molecule has 0 heterocycles. The number of amides is 1. The Labute approximate surface area is 147 Å². The molecule has 0 aliphatic heterocycles. The summed E-state index contributed by atoms with van der Waals surface area (Å²) in [5.41, 5.74) is 6.79. The van der Waals surface area contributed by atoms with Crippen molar-refractivity contribution >= 4 is 18.3 Å². The van der Waals surface area contributed by atoms with E-state index in [1.165, 1.54) is 32.1 Å². The van der Waals surface area contributed by atoms with Gasteiger partial charge in [-0.25, -0.2) is 0 Å². The van der Waals surface area contributed by atoms with Gasteiger partial charge in [0.1, 0.15) is 0 Å². The minimum absolute atomic E-state index is 0. The SMILES string of the molecule is CC1CC(C)(C)CCC1NC(=O)C1CC2CCCC(C1)C2N.Cl. The van der Waals surface area contributed by atoms with Gasteiger partial charge < -0.3 is 11.1 Å². The number of nitrogens with two attached hydrogens (primary N) is 1. The summed E-state index contributed by atoms with van der Waals surface area (Å²) in [5.74, 6) is 2.31. The van der Waals surface area contributed by atoms with Crippen molar-refractivity contribution in [1.82, 2.24) is 5.32 Å². The zero-order chi connectivity index (χ0) is 15.9. The molecule has 3 aliphatic rings. The third kappa shape index (κ3) is 4.22. The molecule has 3 fully saturated rings. The van der Waals surface area contributed by atoms with Crippen LogP contribution in [0.25, 0.3) is 0 Å². The van der Waals surface area contributed by atoms with Gasteiger partial charge in [0.2, 0.25) is 5.91 Å². The molecular formula is C19H35ClN2O. The summed E-state index contributed by atoms with van der Waals surface area (Å²) in [6, 6.07) is 0.739. The van der Waals surface area contributed by atoms with Crippen LogP contribution in [0.4, 0.5) is 0 Å². The number of fused-ring (bicyclic) bond motifs is 2. The molecule has 134 valence electrons. The summed E-state index contributed by atoms with van der Waals surface area (Å²) < 4.78 is 0. The normalized spacial score (nSPS) is 42.4. The van der Waals surface area contributed by atoms with Gasteiger partial charge in [-0.2, -0.15) is 0 Å². The maximum Gasteiger partial charge on any atom is 0.223 e. The molecule has 0 spiro atoms. The Bertz CT molecular complexity index is 412. The molecule has 0 saturated heterocycles. The fraction of sp³-hybridized carbons (Fsp3) is 0.947. The van der Waals surface area contributed by atoms with Crippen molar-refractivity contribution in [3.63, 3.8) is 0 Å². The highest BCUT2D eigenvalue weighted by atomic mass is 35.5. The quantitative estimate of drug-likeness (QED) is 0.799. The average molecular weight is 343 g/mol. The van der Waals surface area contributed by atoms with Crippen LogP contribution in [0.5, 0.6) is 0 Å². The lowest BCUT2D eigenvalue weighted by atomic mass is 9.64. The monoisotopic (exact) mass is 342 g/mol. The van der Waals surface area contributed by atoms with Crippen molar-refractivity contribution in [3.05, 3.63) is 0 Å². The second kappa shape index (κ2) is 7.31. The fourth-order valence-electron chi connectivity index (χ4n) is 5.46. The predicted molar refractivity (Wildman–Crippen MR) is 97.5 cm³/mol. The third-order valence-corrected chi connectivity index (χ3v) is 6.81. The van der Waals surface area contributed by atoms with Crippen LogP contribution in [0.3, 0.4) is 0 Å². The molecule has 4 unspecified atom stereocenters. The minimum Gasteiger partial charge on any atom is -0.353 e. The van der Waals surface area contributed by atoms with Crippen LogP contribution in [0.1, 0.15) is 72.1 Å². The van der Waals surface area contributed by atoms with E-state index in [0.29, 0.717) is 41.2 Å². The van der Waals surface area contributed by atoms with Gasteiger partial charge in [-0.1, -0.05) is 27.2 Å². The zero-order valence-corrected chi connectivity index (χ0v) is 15.8. The van der Waals surface area contributed by atoms with Crippen LogP contribution in [0.2, 0.25) is 0 Å². The summed E-state index contributed by atoms with van der Waals surface area (Å²) in [5, 5.41) is 3.40. The molecule has 3 rings (SSSR count). The number of carbonyl (C=O) groups excluding carboxylic acids is 1. The molecule has 0 aromatic carbocycles. The molecule has 2 bridgehead atoms. The van der Waals surface area contributed by atoms with Crippen molar-refractivity contribution in [3.8, 4) is 0 Å². The van der Waals surface area contributed by atoms with Gasteiger partial charge in [0, 0.05) is 18.0 Å². The lowest BCUT2D eigenvalue weighted by Gasteiger charge is -2.44. The molecule has 23 heavy (non-hydrogen) atoms. The summed E-state index contributed by atoms with van der Waals surface area (Å²) in [7, 11) is 0. The highest BCUT2D eigenvalue weighted by Gasteiger charge is 2.41. The molecule has 0 radical (unpaired) electrons. The summed E-state index contributed by atoms with van der Waals surface area (Å²) in [6.45, 7) is 7.01. The summed E-state index contributed by atoms with van der Waals surface area (Å²) in [6.07, 6.45) is 9.41. The molecule has 0 aromatic rings. The van der Waals surface area contributed by atoms with Crippen molar-refractivity contribution < 1.29 is 4.79 Å². The van der Waals surface area contributed by atoms with E-state index in [1.807, 2.05) is 0 Å². The predicted octanol–water partition coefficient (Wildman–Crippen LogP) is 3.89. The van der Waals surface area contributed by atoms with Crippen LogP contribution in [-0.4, -0.2) is 18.0 Å². The maximum absolute atomic E-state index is 12.8. The van der Waals surface area contributed by atoms with Gasteiger partial charge in [0.15, 0.2) is 0 Å². The molecule has 4 atom stereocenters. The maximum atomic E-state index is 12.8. The average Bonchev–Trinajstić information content (AvgIpc) is 2.41. The molecule has 3 aliphatic carbocycles. The number of hydrogen-bond donors (Lipinski definition) is 2. The Morgan fingerprint density at radius 2 is 1.74 bits per heavy atom. The first kappa shape index (κ1) is 19.1. The van der Waals surface area contributed by atoms with Crippen LogP contribution < -0.4 is 11.1 Å². The van der Waals surface area contributed by atoms with Crippen LogP contribution >= 0.6 is 12.4 Å². The van der Waals surface area contributed by atoms with E-state index in [2.05, 4.69) is 26.1 Å². The van der Waals surface area contributed by atoms with Gasteiger partial charge in [-0.3, -0.25) is 4.79 Å². The summed E-state index contributed by atoms with van der Waals surface area (Å²) in [4.78, 5) is 12.8. The first-order chi connectivity index (χ1) is 10.4. The topological polar surface area (TPSA) is 55.1 Å². The molecule has 1 amide bonds. The van der Waals surface area contributed by atoms with Gasteiger partial charge in [-0.15, -0.1) is 12.4 Å². The van der Waals surface area contributed by atoms with Crippen molar-refractivity contribution in [2.75, 3.05) is 0 Å². The first-order valence-electron chi connectivity index (χ1n) is 9.42. The zero-order valence-electron chi connectivity index (χ0n) is 15.0. The molecule has 4 heteroatoms. The smallest absolute Gasteiger partial charge is 0.223 e. The highest BCUT2D eigenvalue weighted by molar-refractivity contribution is 5.85. The summed E-state index contributed by atoms with van der Waals surface area (Å²) >= 11 is 0. The molecule has 0 aromatic heterocycles. The van der Waals surface area contributed by atoms with Crippen molar-refractivity contribution in [2.24, 2.45) is 34.8 Å². The van der Waals surface area contributed by atoms with E-state index >= 15 is 0 Å². The Kier molecular flexibility index (Phi) is 6.05. The van der Waals surface area contributed by atoms with Gasteiger partial charge in [0.25, 0.3) is 0 Å². The van der Waals surface area contributed by atoms with E-state index in [0.717, 1.165) is 19.3 Å². The Balaban J connectivity index is 0.00000192. The third-order valence-electron chi connectivity index (χ3n) is 6.81. The Morgan fingerprint density at radius 1 is 1.13 bits per heavy atom. The number of carbonyl (C=O) groups is 1. The van der Waals surface area contributed by atoms with E-state index < -0.39 is 0 Å². The molecular weight excluding hydrogens is 308 g/mol. The van der Waals surface area contributed by atoms with Gasteiger partial charge in [-0.05, 0) is 68.1 Å². The number of halogens is 1. The number of rotatable bonds is 2. The lowest BCUT2D eigenvalue weighted by Crippen LogP contribution is -2.51. The minimum atomic E-state index is 0. The second-order valence-corrected chi connectivity index (χ2v) is 9.20. The second-order valence-electron chi connectivity index (χ2n) is 9.20. The lowest BCUT2D eigenvalue weighted by molar-refractivity contribution is -0.129. The van der Waals surface area contributed by atoms with Gasteiger partial charge >= 0.3 is 0 Å². The Hall–Kier alpha value is -0.280. The largest absolute Gasteiger partial charge is 0.353 e. The van der Waals surface area contributed by atoms with E-state index in [4.69, 9.17) is 5.73 Å². The highest BCUT2D eigenvalue weighted by Crippen LogP contribution is 2.42. The van der Waals surface area contributed by atoms with Crippen molar-refractivity contribution in [2.45, 2.75) is 84.2 Å². The Morgan fingerprint density at radius 3 is 2.30 bits per heavy atom. The fourth-order valence-corrected chi connectivity index (χ4v) is 5.46. The number of nitrogens with one attached hydrogen (secondary N) is 1. The standard InChI is InChI=1S/C19H34N2O.ClH/c1-12-11-19(2,3)8-7-16(12)21-18(22)15-9-13-5-4-6-14(10-15)17(13)20;/h12-17H,4-11,20H2,1-3H3,(H,21,22);1H. The van der Waals surface area contributed by atoms with E-state index in [-0.39, 0.29) is 18.3 Å². The van der Waals surface area contributed by atoms with E-state index in [1.54, 1.807) is 0 Å². The molecule has 3 saturated carbocycles. The molecule has 3 N–H and O–H groups in total. The van der Waals surface area contributed by atoms with Crippen molar-refractivity contribution in [1.29, 1.82) is 0 Å². The van der Waals surface area contributed by atoms with Gasteiger partial charge in [0.05, 0.1) is 0 Å². The first-order valence-corrected chi connectivity index (χ1v) is 9.42.